The van der Waals surface area contributed by atoms with E-state index >= 15 is 0 Å². The summed E-state index contributed by atoms with van der Waals surface area (Å²) >= 11 is 1.76. The normalized spacial score (nSPS) is 16.5. The van der Waals surface area contributed by atoms with E-state index in [9.17, 15) is 0 Å². The fourth-order valence-electron chi connectivity index (χ4n) is 2.82. The Kier molecular flexibility index (Phi) is 3.45. The summed E-state index contributed by atoms with van der Waals surface area (Å²) in [5.41, 5.74) is 0.777. The fraction of sp³-hybridized carbons (Fsp3) is 0.500. The molecule has 1 saturated heterocycles. The Morgan fingerprint density at radius 1 is 1.18 bits per heavy atom. The highest BCUT2D eigenvalue weighted by atomic mass is 32.1. The summed E-state index contributed by atoms with van der Waals surface area (Å²) in [6.45, 7) is 4.11. The molecule has 3 aromatic heterocycles. The molecule has 8 heteroatoms. The number of nitrogens with zero attached hydrogens (tertiary/aromatic N) is 7. The molecule has 0 bridgehead atoms. The summed E-state index contributed by atoms with van der Waals surface area (Å²) in [4.78, 5) is 2.32. The first-order valence-corrected chi connectivity index (χ1v) is 8.39. The van der Waals surface area contributed by atoms with Crippen LogP contribution in [0.4, 0.5) is 5.82 Å². The molecule has 114 valence electrons. The van der Waals surface area contributed by atoms with E-state index < -0.39 is 0 Å². The van der Waals surface area contributed by atoms with Crippen LogP contribution in [0.25, 0.3) is 5.65 Å². The number of piperidine rings is 1. The van der Waals surface area contributed by atoms with Gasteiger partial charge in [-0.3, -0.25) is 0 Å². The average Bonchev–Trinajstić information content (AvgIpc) is 3.23. The Morgan fingerprint density at radius 3 is 2.82 bits per heavy atom. The Labute approximate surface area is 132 Å². The van der Waals surface area contributed by atoms with E-state index in [2.05, 4.69) is 37.3 Å². The average molecular weight is 315 g/mol. The Balaban J connectivity index is 1.46. The molecule has 0 N–H and O–H groups in total. The van der Waals surface area contributed by atoms with Crippen molar-refractivity contribution in [3.8, 4) is 0 Å². The van der Waals surface area contributed by atoms with Crippen molar-refractivity contribution in [1.82, 2.24) is 30.0 Å². The summed E-state index contributed by atoms with van der Waals surface area (Å²) in [5.74, 6) is 1.52. The molecule has 0 unspecified atom stereocenters. The molecule has 1 fully saturated rings. The number of rotatable bonds is 3. The molecule has 0 radical (unpaired) electrons. The second-order valence-corrected chi connectivity index (χ2v) is 6.57. The van der Waals surface area contributed by atoms with Gasteiger partial charge in [0.1, 0.15) is 22.2 Å². The topological polar surface area (TPSA) is 72.1 Å². The molecule has 0 saturated carbocycles. The van der Waals surface area contributed by atoms with Crippen molar-refractivity contribution in [1.29, 1.82) is 0 Å². The van der Waals surface area contributed by atoms with Crippen LogP contribution >= 0.6 is 11.3 Å². The minimum atomic E-state index is 0.535. The fourth-order valence-corrected chi connectivity index (χ4v) is 3.77. The van der Waals surface area contributed by atoms with E-state index in [4.69, 9.17) is 0 Å². The third kappa shape index (κ3) is 2.43. The van der Waals surface area contributed by atoms with Crippen LogP contribution in [0.5, 0.6) is 0 Å². The second kappa shape index (κ2) is 5.60. The highest BCUT2D eigenvalue weighted by molar-refractivity contribution is 7.11. The number of aryl methyl sites for hydroxylation is 1. The zero-order valence-electron chi connectivity index (χ0n) is 12.4. The lowest BCUT2D eigenvalue weighted by molar-refractivity contribution is 0.496. The van der Waals surface area contributed by atoms with Gasteiger partial charge in [-0.25, -0.2) is 0 Å². The van der Waals surface area contributed by atoms with E-state index in [1.165, 1.54) is 5.01 Å². The predicted octanol–water partition coefficient (Wildman–Crippen LogP) is 1.92. The molecule has 0 spiro atoms. The lowest BCUT2D eigenvalue weighted by atomic mass is 9.98. The van der Waals surface area contributed by atoms with Crippen molar-refractivity contribution < 1.29 is 0 Å². The lowest BCUT2D eigenvalue weighted by Gasteiger charge is -2.31. The van der Waals surface area contributed by atoms with Gasteiger partial charge < -0.3 is 4.90 Å². The van der Waals surface area contributed by atoms with Gasteiger partial charge in [0, 0.05) is 19.0 Å². The van der Waals surface area contributed by atoms with E-state index in [-0.39, 0.29) is 0 Å². The van der Waals surface area contributed by atoms with Gasteiger partial charge in [0.2, 0.25) is 0 Å². The van der Waals surface area contributed by atoms with Crippen molar-refractivity contribution in [2.75, 3.05) is 18.0 Å². The lowest BCUT2D eigenvalue weighted by Crippen LogP contribution is -2.33. The number of aromatic nitrogens is 6. The Bertz CT molecular complexity index is 772. The summed E-state index contributed by atoms with van der Waals surface area (Å²) in [5, 5.41) is 23.3. The molecule has 7 nitrogen and oxygen atoms in total. The largest absolute Gasteiger partial charge is 0.355 e. The molecule has 22 heavy (non-hydrogen) atoms. The first-order valence-electron chi connectivity index (χ1n) is 7.58. The Morgan fingerprint density at radius 2 is 2.05 bits per heavy atom. The highest BCUT2D eigenvalue weighted by Crippen LogP contribution is 2.31. The van der Waals surface area contributed by atoms with Crippen LogP contribution in [0.3, 0.4) is 0 Å². The standard InChI is InChI=1S/C14H17N7S/c1-2-13-17-18-14(22-13)10-5-7-20(8-6-10)12-4-3-11-16-15-9-21(11)19-12/h3-4,9-10H,2,5-8H2,1H3. The molecule has 1 aliphatic rings. The summed E-state index contributed by atoms with van der Waals surface area (Å²) < 4.78 is 1.72. The zero-order valence-corrected chi connectivity index (χ0v) is 13.2. The van der Waals surface area contributed by atoms with Gasteiger partial charge in [0.15, 0.2) is 5.65 Å². The van der Waals surface area contributed by atoms with Crippen LogP contribution in [0.15, 0.2) is 18.5 Å². The van der Waals surface area contributed by atoms with E-state index in [0.717, 1.165) is 48.8 Å². The number of fused-ring (bicyclic) bond motifs is 1. The molecule has 4 rings (SSSR count). The van der Waals surface area contributed by atoms with Crippen molar-refractivity contribution in [2.45, 2.75) is 32.1 Å². The van der Waals surface area contributed by atoms with Gasteiger partial charge in [-0.15, -0.1) is 36.8 Å². The molecule has 0 aromatic carbocycles. The maximum atomic E-state index is 4.57. The van der Waals surface area contributed by atoms with Crippen LogP contribution < -0.4 is 4.90 Å². The molecule has 0 amide bonds. The minimum absolute atomic E-state index is 0.535. The summed E-state index contributed by atoms with van der Waals surface area (Å²) in [6, 6.07) is 3.98. The van der Waals surface area contributed by atoms with Crippen LogP contribution in [0.1, 0.15) is 35.7 Å². The van der Waals surface area contributed by atoms with E-state index in [1.54, 1.807) is 22.2 Å². The minimum Gasteiger partial charge on any atom is -0.355 e. The number of hydrogen-bond donors (Lipinski definition) is 0. The molecule has 0 aliphatic carbocycles. The summed E-state index contributed by atoms with van der Waals surface area (Å²) in [7, 11) is 0. The van der Waals surface area contributed by atoms with E-state index in [0.29, 0.717) is 5.92 Å². The predicted molar refractivity (Wildman–Crippen MR) is 84.3 cm³/mol. The van der Waals surface area contributed by atoms with Crippen molar-refractivity contribution >= 4 is 22.8 Å². The Hall–Kier alpha value is -2.09. The second-order valence-electron chi connectivity index (χ2n) is 5.47. The molecule has 3 aromatic rings. The zero-order chi connectivity index (χ0) is 14.9. The van der Waals surface area contributed by atoms with Gasteiger partial charge in [0.25, 0.3) is 0 Å². The van der Waals surface area contributed by atoms with Gasteiger partial charge in [-0.1, -0.05) is 6.92 Å². The SMILES string of the molecule is CCc1nnc(C2CCN(c3ccc4nncn4n3)CC2)s1. The van der Waals surface area contributed by atoms with Gasteiger partial charge in [-0.2, -0.15) is 4.52 Å². The molecular formula is C14H17N7S. The molecule has 0 atom stereocenters. The summed E-state index contributed by atoms with van der Waals surface area (Å²) in [6.07, 6.45) is 4.80. The van der Waals surface area contributed by atoms with Crippen LogP contribution in [-0.4, -0.2) is 43.1 Å². The first kappa shape index (κ1) is 13.6. The molecule has 4 heterocycles. The highest BCUT2D eigenvalue weighted by Gasteiger charge is 2.24. The first-order chi connectivity index (χ1) is 10.8. The van der Waals surface area contributed by atoms with Crippen LogP contribution in [-0.2, 0) is 6.42 Å². The van der Waals surface area contributed by atoms with Gasteiger partial charge in [-0.05, 0) is 31.4 Å². The van der Waals surface area contributed by atoms with Crippen molar-refractivity contribution in [3.05, 3.63) is 28.5 Å². The monoisotopic (exact) mass is 315 g/mol. The number of hydrogen-bond acceptors (Lipinski definition) is 7. The van der Waals surface area contributed by atoms with Gasteiger partial charge in [0.05, 0.1) is 0 Å². The quantitative estimate of drug-likeness (QED) is 0.735. The number of anilines is 1. The van der Waals surface area contributed by atoms with Crippen LogP contribution in [0.2, 0.25) is 0 Å². The third-order valence-corrected chi connectivity index (χ3v) is 5.33. The van der Waals surface area contributed by atoms with Crippen LogP contribution in [0, 0.1) is 0 Å². The van der Waals surface area contributed by atoms with Crippen molar-refractivity contribution in [3.63, 3.8) is 0 Å². The molecule has 1 aliphatic heterocycles. The van der Waals surface area contributed by atoms with E-state index in [1.807, 2.05) is 12.1 Å². The maximum Gasteiger partial charge on any atom is 0.177 e. The third-order valence-electron chi connectivity index (χ3n) is 4.10. The molecular weight excluding hydrogens is 298 g/mol. The maximum absolute atomic E-state index is 4.57. The van der Waals surface area contributed by atoms with Crippen molar-refractivity contribution in [2.24, 2.45) is 0 Å². The smallest absolute Gasteiger partial charge is 0.177 e. The van der Waals surface area contributed by atoms with Gasteiger partial charge >= 0.3 is 0 Å².